The van der Waals surface area contributed by atoms with E-state index in [0.29, 0.717) is 11.8 Å². The molecule has 0 saturated heterocycles. The van der Waals surface area contributed by atoms with Gasteiger partial charge in [0.25, 0.3) is 0 Å². The van der Waals surface area contributed by atoms with E-state index in [1.54, 1.807) is 5.56 Å². The summed E-state index contributed by atoms with van der Waals surface area (Å²) in [7, 11) is -1.70. The number of nitrogens with zero attached hydrogens (tertiary/aromatic N) is 2. The van der Waals surface area contributed by atoms with Crippen molar-refractivity contribution in [3.8, 4) is 5.69 Å². The lowest BCUT2D eigenvalue weighted by Gasteiger charge is -2.64. The average Bonchev–Trinajstić information content (AvgIpc) is 3.55. The molecular formula is C52H44N2S. The van der Waals surface area contributed by atoms with E-state index < -0.39 is 9.21 Å². The van der Waals surface area contributed by atoms with Crippen molar-refractivity contribution >= 4 is 70.6 Å². The van der Waals surface area contributed by atoms with Crippen LogP contribution < -0.4 is 4.90 Å². The molecule has 0 amide bonds. The predicted octanol–water partition coefficient (Wildman–Crippen LogP) is 13.5. The zero-order valence-corrected chi connectivity index (χ0v) is 31.9. The van der Waals surface area contributed by atoms with E-state index in [9.17, 15) is 0 Å². The first-order valence-corrected chi connectivity index (χ1v) is 22.1. The fourth-order valence-electron chi connectivity index (χ4n) is 12.3. The molecule has 55 heavy (non-hydrogen) atoms. The number of rotatable bonds is 4. The Kier molecular flexibility index (Phi) is 6.65. The van der Waals surface area contributed by atoms with Crippen LogP contribution in [0, 0.1) is 23.7 Å². The molecule has 2 heterocycles. The monoisotopic (exact) mass is 728 g/mol. The fraction of sp³-hybridized carbons (Fsp3) is 0.192. The predicted molar refractivity (Wildman–Crippen MR) is 236 cm³/mol. The Bertz CT molecular complexity index is 2880. The molecule has 8 aromatic rings. The van der Waals surface area contributed by atoms with Crippen LogP contribution in [0.25, 0.3) is 38.3 Å². The quantitative estimate of drug-likeness (QED) is 0.164. The van der Waals surface area contributed by atoms with Gasteiger partial charge >= 0.3 is 0 Å². The van der Waals surface area contributed by atoms with Crippen LogP contribution in [0.4, 0.5) is 17.1 Å². The Balaban J connectivity index is 1.08. The van der Waals surface area contributed by atoms with Crippen molar-refractivity contribution in [1.29, 1.82) is 0 Å². The van der Waals surface area contributed by atoms with E-state index in [4.69, 9.17) is 11.7 Å². The van der Waals surface area contributed by atoms with Crippen molar-refractivity contribution in [3.05, 3.63) is 169 Å². The normalized spacial score (nSPS) is 24.4. The van der Waals surface area contributed by atoms with Crippen LogP contribution in [-0.4, -0.2) is 16.3 Å². The highest BCUT2D eigenvalue weighted by atomic mass is 32.2. The van der Waals surface area contributed by atoms with Crippen LogP contribution >= 0.6 is 9.21 Å². The molecule has 5 aliphatic rings. The van der Waals surface area contributed by atoms with E-state index in [1.807, 2.05) is 0 Å². The number of hydrogen-bond acceptors (Lipinski definition) is 1. The molecule has 0 radical (unpaired) electrons. The van der Waals surface area contributed by atoms with Crippen LogP contribution in [0.3, 0.4) is 0 Å². The zero-order chi connectivity index (χ0) is 36.5. The van der Waals surface area contributed by atoms with E-state index in [2.05, 4.69) is 167 Å². The van der Waals surface area contributed by atoms with E-state index in [0.717, 1.165) is 23.2 Å². The molecule has 3 heteroatoms. The molecule has 2 nitrogen and oxygen atoms in total. The van der Waals surface area contributed by atoms with Gasteiger partial charge in [0.1, 0.15) is 0 Å². The first kappa shape index (κ1) is 31.8. The van der Waals surface area contributed by atoms with Crippen molar-refractivity contribution in [2.45, 2.75) is 47.3 Å². The number of fused-ring (bicyclic) bond motifs is 6. The third kappa shape index (κ3) is 4.33. The number of aromatic nitrogens is 1. The van der Waals surface area contributed by atoms with Crippen LogP contribution in [0.1, 0.15) is 43.2 Å². The summed E-state index contributed by atoms with van der Waals surface area (Å²) in [6.07, 6.45) is 6.83. The lowest BCUT2D eigenvalue weighted by atomic mass is 9.42. The molecule has 1 aromatic heterocycles. The van der Waals surface area contributed by atoms with Gasteiger partial charge in [0.05, 0.1) is 16.7 Å². The van der Waals surface area contributed by atoms with Gasteiger partial charge in [-0.25, -0.2) is 0 Å². The molecule has 0 N–H and O–H groups in total. The minimum Gasteiger partial charge on any atom is -0.310 e. The SMILES string of the molecule is C=S1(=C)c2ccccc2C2(c3cc(N(c4ccc(-n5c6ccccc6c6ccccc65)cc4)c4cccc5ccccc45)ccc31)C1CC3CC(C1)CC2C3. The molecule has 0 unspecified atom stereocenters. The highest BCUT2D eigenvalue weighted by molar-refractivity contribution is 8.28. The number of benzene rings is 7. The molecule has 7 aromatic carbocycles. The molecule has 13 rings (SSSR count). The Morgan fingerprint density at radius 2 is 1.07 bits per heavy atom. The van der Waals surface area contributed by atoms with Gasteiger partial charge < -0.3 is 9.47 Å². The van der Waals surface area contributed by atoms with Crippen LogP contribution in [0.5, 0.6) is 0 Å². The second-order valence-electron chi connectivity index (χ2n) is 17.0. The largest absolute Gasteiger partial charge is 0.310 e. The third-order valence-electron chi connectivity index (χ3n) is 14.2. The Labute approximate surface area is 324 Å². The topological polar surface area (TPSA) is 8.17 Å². The number of para-hydroxylation sites is 2. The zero-order valence-electron chi connectivity index (χ0n) is 31.1. The summed E-state index contributed by atoms with van der Waals surface area (Å²) in [4.78, 5) is 5.32. The van der Waals surface area contributed by atoms with Crippen LogP contribution in [0.2, 0.25) is 0 Å². The molecule has 4 aliphatic carbocycles. The van der Waals surface area contributed by atoms with E-state index >= 15 is 0 Å². The van der Waals surface area contributed by atoms with Crippen molar-refractivity contribution in [3.63, 3.8) is 0 Å². The molecule has 268 valence electrons. The lowest BCUT2D eigenvalue weighted by Crippen LogP contribution is -2.57. The molecule has 1 spiro atoms. The summed E-state index contributed by atoms with van der Waals surface area (Å²) in [5, 5.41) is 5.05. The van der Waals surface area contributed by atoms with E-state index in [1.165, 1.54) is 91.4 Å². The van der Waals surface area contributed by atoms with Crippen molar-refractivity contribution in [2.75, 3.05) is 4.90 Å². The second-order valence-corrected chi connectivity index (χ2v) is 19.6. The molecule has 1 aliphatic heterocycles. The van der Waals surface area contributed by atoms with Gasteiger partial charge in [-0.05, 0) is 139 Å². The summed E-state index contributed by atoms with van der Waals surface area (Å²) < 4.78 is 2.41. The Hall–Kier alpha value is -5.51. The molecule has 4 saturated carbocycles. The molecular weight excluding hydrogens is 685 g/mol. The molecule has 4 fully saturated rings. The average molecular weight is 729 g/mol. The van der Waals surface area contributed by atoms with Gasteiger partial charge in [0.2, 0.25) is 0 Å². The van der Waals surface area contributed by atoms with Gasteiger partial charge in [-0.1, -0.05) is 103 Å². The third-order valence-corrected chi connectivity index (χ3v) is 16.6. The maximum absolute atomic E-state index is 4.97. The van der Waals surface area contributed by atoms with Gasteiger partial charge in [0, 0.05) is 48.4 Å². The first-order valence-electron chi connectivity index (χ1n) is 20.1. The molecule has 4 bridgehead atoms. The minimum atomic E-state index is -1.70. The fourth-order valence-corrected chi connectivity index (χ4v) is 14.5. The summed E-state index contributed by atoms with van der Waals surface area (Å²) >= 11 is 0. The highest BCUT2D eigenvalue weighted by Crippen LogP contribution is 2.70. The standard InChI is InChI=1S/C52H44N2S/c1-55(2)50-21-10-7-17-45(50)52(37-29-34-28-35(31-37)32-38(52)30-34)46-33-41(26-27-51(46)55)53(47-20-11-13-36-12-3-4-14-42(36)47)39-22-24-40(25-23-39)54-48-18-8-5-15-43(48)44-16-6-9-19-49(44)54/h3-27,33-35,37-38H,1-2,28-32H2. The summed E-state index contributed by atoms with van der Waals surface area (Å²) in [5.74, 6) is 13.0. The summed E-state index contributed by atoms with van der Waals surface area (Å²) in [6.45, 7) is 0. The van der Waals surface area contributed by atoms with E-state index in [-0.39, 0.29) is 5.41 Å². The van der Waals surface area contributed by atoms with Gasteiger partial charge in [-0.15, -0.1) is 0 Å². The van der Waals surface area contributed by atoms with Gasteiger partial charge in [-0.3, -0.25) is 0 Å². The molecule has 0 atom stereocenters. The highest BCUT2D eigenvalue weighted by Gasteiger charge is 2.61. The van der Waals surface area contributed by atoms with Crippen molar-refractivity contribution in [1.82, 2.24) is 4.57 Å². The minimum absolute atomic E-state index is 0.00601. The maximum Gasteiger partial charge on any atom is 0.0541 e. The second kappa shape index (κ2) is 11.5. The first-order chi connectivity index (χ1) is 27.0. The lowest BCUT2D eigenvalue weighted by molar-refractivity contribution is -0.0444. The van der Waals surface area contributed by atoms with Gasteiger partial charge in [-0.2, -0.15) is 9.21 Å². The number of anilines is 3. The summed E-state index contributed by atoms with van der Waals surface area (Å²) in [5.41, 5.74) is 10.2. The maximum atomic E-state index is 4.97. The summed E-state index contributed by atoms with van der Waals surface area (Å²) in [6, 6.07) is 59.2. The Morgan fingerprint density at radius 3 is 1.78 bits per heavy atom. The van der Waals surface area contributed by atoms with Crippen molar-refractivity contribution < 1.29 is 0 Å². The Morgan fingerprint density at radius 1 is 0.509 bits per heavy atom. The van der Waals surface area contributed by atoms with Crippen molar-refractivity contribution in [2.24, 2.45) is 23.7 Å². The van der Waals surface area contributed by atoms with Gasteiger partial charge in [0.15, 0.2) is 0 Å². The number of hydrogen-bond donors (Lipinski definition) is 0. The van der Waals surface area contributed by atoms with Crippen LogP contribution in [-0.2, 0) is 5.41 Å². The van der Waals surface area contributed by atoms with Crippen LogP contribution in [0.15, 0.2) is 168 Å². The smallest absolute Gasteiger partial charge is 0.0541 e.